The van der Waals surface area contributed by atoms with E-state index < -0.39 is 0 Å². The van der Waals surface area contributed by atoms with Crippen LogP contribution in [0.5, 0.6) is 0 Å². The van der Waals surface area contributed by atoms with Gasteiger partial charge in [-0.1, -0.05) is 0 Å². The van der Waals surface area contributed by atoms with Gasteiger partial charge in [0.1, 0.15) is 0 Å². The molecule has 0 amide bonds. The molecule has 0 unspecified atom stereocenters. The molecule has 0 rings (SSSR count). The fraction of sp³-hybridized carbons (Fsp3) is 0. The van der Waals surface area contributed by atoms with Gasteiger partial charge in [0.05, 0.1) is 0 Å². The zero-order chi connectivity index (χ0) is 2.71. The zero-order valence-electron chi connectivity index (χ0n) is 2.67. The van der Waals surface area contributed by atoms with Crippen molar-refractivity contribution in [2.45, 2.75) is 0 Å². The molecule has 0 aliphatic carbocycles. The van der Waals surface area contributed by atoms with E-state index >= 15 is 0 Å². The van der Waals surface area contributed by atoms with Crippen LogP contribution < -0.4 is 6.15 Å². The summed E-state index contributed by atoms with van der Waals surface area (Å²) in [5.74, 6) is 0. The van der Waals surface area contributed by atoms with Gasteiger partial charge in [-0.2, -0.15) is 0 Å². The fourth-order valence-corrected chi connectivity index (χ4v) is 0. The van der Waals surface area contributed by atoms with E-state index in [4.69, 9.17) is 0 Å². The Morgan fingerprint density at radius 3 is 1.20 bits per heavy atom. The minimum absolute atomic E-state index is 0. The molecule has 5 heavy (non-hydrogen) atoms. The first-order valence-electron chi connectivity index (χ1n) is 0.333. The zero-order valence-corrected chi connectivity index (χ0v) is 7.21. The number of hydrogen-bond donors (Lipinski definition) is 1. The number of thiol groups is 1. The van der Waals surface area contributed by atoms with Crippen LogP contribution in [0.2, 0.25) is 0 Å². The Balaban J connectivity index is -0.0000000200. The van der Waals surface area contributed by atoms with Gasteiger partial charge >= 0.3 is 34.6 Å². The number of rotatable bonds is 0. The summed E-state index contributed by atoms with van der Waals surface area (Å²) in [6.07, 6.45) is 0. The van der Waals surface area contributed by atoms with Crippen LogP contribution in [0, 0.1) is 0 Å². The van der Waals surface area contributed by atoms with Crippen molar-refractivity contribution in [2.24, 2.45) is 0 Å². The molecule has 5 heteroatoms. The van der Waals surface area contributed by atoms with Gasteiger partial charge in [0.15, 0.2) is 0 Å². The first-order chi connectivity index (χ1) is 1.41. The molecular formula is H5MoNS3. The van der Waals surface area contributed by atoms with E-state index in [1.807, 2.05) is 0 Å². The maximum absolute atomic E-state index is 4.34. The Morgan fingerprint density at radius 2 is 1.20 bits per heavy atom. The summed E-state index contributed by atoms with van der Waals surface area (Å²) in [6, 6.07) is 0. The first-order valence-corrected chi connectivity index (χ1v) is 5.92. The summed E-state index contributed by atoms with van der Waals surface area (Å²) < 4.78 is 0. The molecular weight excluding hydrogens is 206 g/mol. The van der Waals surface area contributed by atoms with Crippen LogP contribution >= 0.6 is 19.6 Å². The Morgan fingerprint density at radius 1 is 1.20 bits per heavy atom. The second kappa shape index (κ2) is 18.0. The molecule has 1 nitrogen and oxygen atoms in total. The van der Waals surface area contributed by atoms with Crippen LogP contribution in [-0.4, -0.2) is 0 Å². The second-order valence-corrected chi connectivity index (χ2v) is 3.62. The molecule has 0 aromatic heterocycles. The van der Waals surface area contributed by atoms with Crippen molar-refractivity contribution in [1.82, 2.24) is 6.15 Å². The van der Waals surface area contributed by atoms with Crippen molar-refractivity contribution in [3.05, 3.63) is 0 Å². The van der Waals surface area contributed by atoms with Crippen LogP contribution in [0.1, 0.15) is 0 Å². The van der Waals surface area contributed by atoms with Crippen LogP contribution in [0.25, 0.3) is 0 Å². The third-order valence-electron chi connectivity index (χ3n) is 0. The quantitative estimate of drug-likeness (QED) is 0.374. The van der Waals surface area contributed by atoms with Crippen LogP contribution in [0.15, 0.2) is 0 Å². The Bertz CT molecular complexity index is 27.9. The number of quaternary nitrogens is 1. The van der Waals surface area contributed by atoms with Gasteiger partial charge in [0.25, 0.3) is 0 Å². The molecule has 0 aromatic carbocycles. The third kappa shape index (κ3) is 31.1. The summed E-state index contributed by atoms with van der Waals surface area (Å²) in [4.78, 5) is 0. The van der Waals surface area contributed by atoms with Gasteiger partial charge in [0.2, 0.25) is 0 Å². The van der Waals surface area contributed by atoms with Crippen molar-refractivity contribution in [3.63, 3.8) is 0 Å². The molecule has 4 N–H and O–H groups in total. The van der Waals surface area contributed by atoms with E-state index in [0.29, 0.717) is 0 Å². The second-order valence-electron chi connectivity index (χ2n) is 0.0680. The normalized spacial score (nSPS) is 2.40. The molecule has 0 fully saturated rings. The predicted octanol–water partition coefficient (Wildman–Crippen LogP) is 1.40. The molecule has 34 valence electrons. The van der Waals surface area contributed by atoms with Crippen molar-refractivity contribution < 1.29 is 14.9 Å². The minimum atomic E-state index is -0.363. The van der Waals surface area contributed by atoms with E-state index in [-0.39, 0.29) is 34.6 Å². The molecule has 0 spiro atoms. The van der Waals surface area contributed by atoms with Crippen LogP contribution in [-0.2, 0) is 28.4 Å². The van der Waals surface area contributed by atoms with Gasteiger partial charge in [-0.3, -0.25) is 0 Å². The van der Waals surface area contributed by atoms with Gasteiger partial charge in [-0.05, 0) is 0 Å². The maximum atomic E-state index is 4.34. The third-order valence-corrected chi connectivity index (χ3v) is 0. The Hall–Kier alpha value is 1.44. The van der Waals surface area contributed by atoms with Crippen molar-refractivity contribution in [2.75, 3.05) is 0 Å². The van der Waals surface area contributed by atoms with Crippen molar-refractivity contribution in [3.8, 4) is 0 Å². The molecule has 0 radical (unpaired) electrons. The van der Waals surface area contributed by atoms with Crippen molar-refractivity contribution >= 4 is 33.1 Å². The average Bonchev–Trinajstić information content (AvgIpc) is 0.918. The van der Waals surface area contributed by atoms with E-state index in [9.17, 15) is 0 Å². The van der Waals surface area contributed by atoms with Gasteiger partial charge < -0.3 is 19.6 Å². The molecule has 0 aromatic rings. The predicted molar refractivity (Wildman–Crippen MR) is 29.9 cm³/mol. The van der Waals surface area contributed by atoms with Crippen LogP contribution in [0.3, 0.4) is 0 Å². The molecule has 0 heterocycles. The average molecular weight is 211 g/mol. The summed E-state index contributed by atoms with van der Waals surface area (Å²) in [6.45, 7) is 0. The molecule has 0 saturated heterocycles. The molecule has 0 atom stereocenters. The van der Waals surface area contributed by atoms with E-state index in [1.165, 1.54) is 0 Å². The summed E-state index contributed by atoms with van der Waals surface area (Å²) in [5.41, 5.74) is 0. The fourth-order valence-electron chi connectivity index (χ4n) is 0. The van der Waals surface area contributed by atoms with Gasteiger partial charge in [-0.25, -0.2) is 0 Å². The summed E-state index contributed by atoms with van der Waals surface area (Å²) >= 11 is -0.363. The Kier molecular flexibility index (Phi) is 58.0. The summed E-state index contributed by atoms with van der Waals surface area (Å²) in [5, 5.41) is 0. The van der Waals surface area contributed by atoms with Gasteiger partial charge in [0, 0.05) is 0 Å². The van der Waals surface area contributed by atoms with Crippen molar-refractivity contribution in [1.29, 1.82) is 0 Å². The Labute approximate surface area is 54.0 Å². The SMILES string of the molecule is [NH4+].[SH-].[S]=[Mo]=[S]. The number of hydrogen-bond acceptors (Lipinski definition) is 3. The first kappa shape index (κ1) is 16.1. The van der Waals surface area contributed by atoms with Gasteiger partial charge in [-0.15, -0.1) is 0 Å². The monoisotopic (exact) mass is 213 g/mol. The standard InChI is InChI=1S/Mo.H3N.H2S.2S/h;1H3;1H2;;. The van der Waals surface area contributed by atoms with E-state index in [0.717, 1.165) is 0 Å². The molecule has 0 bridgehead atoms. The molecule has 0 saturated carbocycles. The molecule has 0 aliphatic heterocycles. The molecule has 0 aliphatic rings. The summed E-state index contributed by atoms with van der Waals surface area (Å²) in [7, 11) is 8.68. The topological polar surface area (TPSA) is 36.5 Å². The van der Waals surface area contributed by atoms with E-state index in [1.54, 1.807) is 0 Å². The van der Waals surface area contributed by atoms with E-state index in [2.05, 4.69) is 19.6 Å². The van der Waals surface area contributed by atoms with Crippen LogP contribution in [0.4, 0.5) is 0 Å².